The third-order valence-electron chi connectivity index (χ3n) is 2.36. The molecule has 0 spiro atoms. The summed E-state index contributed by atoms with van der Waals surface area (Å²) in [6.07, 6.45) is 10.5. The van der Waals surface area contributed by atoms with Gasteiger partial charge in [-0.2, -0.15) is 0 Å². The van der Waals surface area contributed by atoms with Crippen LogP contribution in [-0.4, -0.2) is 6.04 Å². The van der Waals surface area contributed by atoms with Gasteiger partial charge in [-0.3, -0.25) is 5.73 Å². The molecule has 0 bridgehead atoms. The Morgan fingerprint density at radius 3 is 1.60 bits per heavy atom. The lowest BCUT2D eigenvalue weighted by Gasteiger charge is -2.06. The zero-order valence-electron chi connectivity index (χ0n) is 6.73. The summed E-state index contributed by atoms with van der Waals surface area (Å²) in [5.74, 6) is 0. The molecule has 0 aromatic carbocycles. The lowest BCUT2D eigenvalue weighted by atomic mass is 10.1. The van der Waals surface area contributed by atoms with E-state index in [4.69, 9.17) is 5.73 Å². The van der Waals surface area contributed by atoms with E-state index in [0.29, 0.717) is 0 Å². The van der Waals surface area contributed by atoms with E-state index in [2.05, 4.69) is 0 Å². The Morgan fingerprint density at radius 2 is 1.10 bits per heavy atom. The Kier molecular flexibility index (Phi) is 3.81. The van der Waals surface area contributed by atoms with Crippen molar-refractivity contribution in [3.8, 4) is 0 Å². The number of hydrogen-bond acceptors (Lipinski definition) is 0. The molecule has 0 aromatic heterocycles. The minimum Gasteiger partial charge on any atom is -0.255 e. The molecule has 1 aliphatic carbocycles. The molecule has 59 valence electrons. The molecule has 0 saturated heterocycles. The van der Waals surface area contributed by atoms with Crippen LogP contribution in [0.3, 0.4) is 0 Å². The van der Waals surface area contributed by atoms with Gasteiger partial charge < -0.3 is 0 Å². The molecule has 1 fully saturated rings. The Morgan fingerprint density at radius 1 is 0.700 bits per heavy atom. The van der Waals surface area contributed by atoms with E-state index in [-0.39, 0.29) is 6.04 Å². The standard InChI is InChI=1S/C9H18N/c10-9-7-5-3-1-2-4-6-8-9/h9-10H,1-8H2. The van der Waals surface area contributed by atoms with Gasteiger partial charge in [0.1, 0.15) is 0 Å². The van der Waals surface area contributed by atoms with Crippen molar-refractivity contribution in [2.24, 2.45) is 0 Å². The van der Waals surface area contributed by atoms with Gasteiger partial charge in [-0.15, -0.1) is 0 Å². The van der Waals surface area contributed by atoms with Crippen molar-refractivity contribution in [3.63, 3.8) is 0 Å². The van der Waals surface area contributed by atoms with Crippen molar-refractivity contribution in [1.29, 1.82) is 0 Å². The average molecular weight is 140 g/mol. The summed E-state index contributed by atoms with van der Waals surface area (Å²) in [5.41, 5.74) is 7.61. The van der Waals surface area contributed by atoms with E-state index in [1.807, 2.05) is 0 Å². The van der Waals surface area contributed by atoms with Crippen LogP contribution in [0.4, 0.5) is 0 Å². The first kappa shape index (κ1) is 8.06. The van der Waals surface area contributed by atoms with Crippen molar-refractivity contribution >= 4 is 0 Å². The fourth-order valence-electron chi connectivity index (χ4n) is 1.63. The van der Waals surface area contributed by atoms with Crippen LogP contribution in [0.5, 0.6) is 0 Å². The molecule has 1 rings (SSSR count). The molecule has 1 radical (unpaired) electrons. The molecule has 0 aromatic rings. The molecule has 0 aliphatic heterocycles. The molecule has 0 heterocycles. The van der Waals surface area contributed by atoms with Crippen LogP contribution in [0.15, 0.2) is 0 Å². The monoisotopic (exact) mass is 140 g/mol. The van der Waals surface area contributed by atoms with Gasteiger partial charge in [-0.1, -0.05) is 38.5 Å². The number of nitrogens with one attached hydrogen (secondary N) is 1. The van der Waals surface area contributed by atoms with Crippen molar-refractivity contribution in [2.45, 2.75) is 57.4 Å². The van der Waals surface area contributed by atoms with Crippen LogP contribution in [0.25, 0.3) is 0 Å². The van der Waals surface area contributed by atoms with Crippen LogP contribution >= 0.6 is 0 Å². The van der Waals surface area contributed by atoms with Crippen LogP contribution in [0.1, 0.15) is 51.4 Å². The van der Waals surface area contributed by atoms with Gasteiger partial charge in [0.25, 0.3) is 0 Å². The Balaban J connectivity index is 2.15. The maximum Gasteiger partial charge on any atom is 0.0213 e. The van der Waals surface area contributed by atoms with E-state index in [1.54, 1.807) is 0 Å². The highest BCUT2D eigenvalue weighted by molar-refractivity contribution is 4.63. The second kappa shape index (κ2) is 4.73. The van der Waals surface area contributed by atoms with Crippen LogP contribution < -0.4 is 5.73 Å². The van der Waals surface area contributed by atoms with Crippen LogP contribution in [0.2, 0.25) is 0 Å². The van der Waals surface area contributed by atoms with Gasteiger partial charge in [0.2, 0.25) is 0 Å². The molecule has 1 nitrogen and oxygen atoms in total. The molecule has 1 N–H and O–H groups in total. The minimum atomic E-state index is 0.262. The van der Waals surface area contributed by atoms with Crippen molar-refractivity contribution in [1.82, 2.24) is 5.73 Å². The van der Waals surface area contributed by atoms with Gasteiger partial charge in [-0.05, 0) is 12.8 Å². The molecule has 1 heteroatoms. The largest absolute Gasteiger partial charge is 0.255 e. The van der Waals surface area contributed by atoms with Crippen molar-refractivity contribution in [3.05, 3.63) is 0 Å². The Hall–Kier alpha value is -0.0400. The molecule has 1 saturated carbocycles. The second-order valence-corrected chi connectivity index (χ2v) is 3.40. The fourth-order valence-corrected chi connectivity index (χ4v) is 1.63. The predicted molar refractivity (Wildman–Crippen MR) is 43.8 cm³/mol. The lowest BCUT2D eigenvalue weighted by Crippen LogP contribution is -2.07. The highest BCUT2D eigenvalue weighted by Crippen LogP contribution is 2.15. The summed E-state index contributed by atoms with van der Waals surface area (Å²) in [6, 6.07) is 0.262. The van der Waals surface area contributed by atoms with Gasteiger partial charge in [0.05, 0.1) is 0 Å². The number of rotatable bonds is 0. The molecule has 10 heavy (non-hydrogen) atoms. The fraction of sp³-hybridized carbons (Fsp3) is 1.00. The van der Waals surface area contributed by atoms with E-state index >= 15 is 0 Å². The highest BCUT2D eigenvalue weighted by Gasteiger charge is 2.04. The first-order valence-corrected chi connectivity index (χ1v) is 4.61. The molecule has 1 aliphatic rings. The van der Waals surface area contributed by atoms with Crippen molar-refractivity contribution in [2.75, 3.05) is 0 Å². The average Bonchev–Trinajstić information content (AvgIpc) is 2.02. The smallest absolute Gasteiger partial charge is 0.0213 e. The zero-order chi connectivity index (χ0) is 7.23. The second-order valence-electron chi connectivity index (χ2n) is 3.40. The lowest BCUT2D eigenvalue weighted by molar-refractivity contribution is 0.521. The summed E-state index contributed by atoms with van der Waals surface area (Å²) in [5, 5.41) is 0. The zero-order valence-corrected chi connectivity index (χ0v) is 6.73. The summed E-state index contributed by atoms with van der Waals surface area (Å²) >= 11 is 0. The summed E-state index contributed by atoms with van der Waals surface area (Å²) in [7, 11) is 0. The predicted octanol–water partition coefficient (Wildman–Crippen LogP) is 2.77. The summed E-state index contributed by atoms with van der Waals surface area (Å²) < 4.78 is 0. The molecule has 0 unspecified atom stereocenters. The third kappa shape index (κ3) is 3.21. The number of hydrogen-bond donors (Lipinski definition) is 0. The Bertz CT molecular complexity index is 70.8. The first-order chi connectivity index (χ1) is 4.89. The highest BCUT2D eigenvalue weighted by atomic mass is 14.6. The van der Waals surface area contributed by atoms with Gasteiger partial charge >= 0.3 is 0 Å². The maximum absolute atomic E-state index is 7.61. The quantitative estimate of drug-likeness (QED) is 0.494. The minimum absolute atomic E-state index is 0.262. The van der Waals surface area contributed by atoms with Gasteiger partial charge in [0.15, 0.2) is 0 Å². The van der Waals surface area contributed by atoms with Gasteiger partial charge in [0, 0.05) is 6.04 Å². The van der Waals surface area contributed by atoms with E-state index in [1.165, 1.54) is 38.5 Å². The molecule has 0 atom stereocenters. The summed E-state index contributed by atoms with van der Waals surface area (Å²) in [6.45, 7) is 0. The van der Waals surface area contributed by atoms with Gasteiger partial charge in [-0.25, -0.2) is 0 Å². The van der Waals surface area contributed by atoms with E-state index < -0.39 is 0 Å². The van der Waals surface area contributed by atoms with Crippen LogP contribution in [0, 0.1) is 0 Å². The topological polar surface area (TPSA) is 23.8 Å². The SMILES string of the molecule is [NH]C1CCCCCCCC1. The normalized spacial score (nSPS) is 24.9. The molecular formula is C9H18N. The van der Waals surface area contributed by atoms with Crippen molar-refractivity contribution < 1.29 is 0 Å². The van der Waals surface area contributed by atoms with Crippen LogP contribution in [-0.2, 0) is 0 Å². The first-order valence-electron chi connectivity index (χ1n) is 4.61. The van der Waals surface area contributed by atoms with E-state index in [9.17, 15) is 0 Å². The molecular weight excluding hydrogens is 122 g/mol. The summed E-state index contributed by atoms with van der Waals surface area (Å²) in [4.78, 5) is 0. The van der Waals surface area contributed by atoms with E-state index in [0.717, 1.165) is 12.8 Å². The maximum atomic E-state index is 7.61. The molecule has 0 amide bonds. The third-order valence-corrected chi connectivity index (χ3v) is 2.36. The Labute approximate surface area is 64.0 Å².